The summed E-state index contributed by atoms with van der Waals surface area (Å²) in [7, 11) is -3.62. The number of carbonyl (C=O) groups is 5. The molecule has 288 valence electrons. The molecule has 1 saturated heterocycles. The van der Waals surface area contributed by atoms with E-state index in [0.717, 1.165) is 30.4 Å². The van der Waals surface area contributed by atoms with Gasteiger partial charge in [0.05, 0.1) is 24.4 Å². The summed E-state index contributed by atoms with van der Waals surface area (Å²) in [6.07, 6.45) is 6.07. The van der Waals surface area contributed by atoms with Crippen molar-refractivity contribution in [3.05, 3.63) is 35.4 Å². The first-order valence-corrected chi connectivity index (χ1v) is 20.5. The predicted molar refractivity (Wildman–Crippen MR) is 190 cm³/mol. The van der Waals surface area contributed by atoms with Crippen LogP contribution in [0.1, 0.15) is 96.1 Å². The van der Waals surface area contributed by atoms with Gasteiger partial charge in [-0.2, -0.15) is 0 Å². The first-order valence-electron chi connectivity index (χ1n) is 18.7. The average Bonchev–Trinajstić information content (AvgIpc) is 3.87. The number of fused-ring (bicyclic) bond motifs is 5. The van der Waals surface area contributed by atoms with Crippen LogP contribution in [0.25, 0.3) is 0 Å². The molecule has 0 aromatic heterocycles. The topological polar surface area (TPSA) is 175 Å². The molecule has 5 atom stereocenters. The largest absolute Gasteiger partial charge is 0.454 e. The maximum absolute atomic E-state index is 14.4. The molecule has 2 saturated carbocycles. The number of amides is 3. The molecule has 4 aliphatic heterocycles. The van der Waals surface area contributed by atoms with Crippen LogP contribution in [0.3, 0.4) is 0 Å². The Morgan fingerprint density at radius 3 is 2.58 bits per heavy atom. The second kappa shape index (κ2) is 14.3. The third-order valence-electron chi connectivity index (χ3n) is 11.2. The highest BCUT2D eigenvalue weighted by molar-refractivity contribution is 7.93. The van der Waals surface area contributed by atoms with Gasteiger partial charge in [-0.3, -0.25) is 19.3 Å². The molecule has 4 heterocycles. The van der Waals surface area contributed by atoms with Crippen LogP contribution in [0.15, 0.2) is 24.3 Å². The van der Waals surface area contributed by atoms with Gasteiger partial charge in [0.15, 0.2) is 32.9 Å². The number of alkyl carbamates (subject to hydrolysis) is 1. The first kappa shape index (κ1) is 37.2. The zero-order valence-electron chi connectivity index (χ0n) is 30.6. The molecule has 6 aliphatic rings. The molecule has 3 amide bonds. The lowest BCUT2D eigenvalue weighted by atomic mass is 9.88. The summed E-state index contributed by atoms with van der Waals surface area (Å²) in [5, 5.41) is 2.22. The van der Waals surface area contributed by atoms with E-state index in [1.165, 1.54) is 9.80 Å². The van der Waals surface area contributed by atoms with E-state index in [1.54, 1.807) is 26.8 Å². The number of ketones is 2. The van der Waals surface area contributed by atoms with E-state index < -0.39 is 79.7 Å². The van der Waals surface area contributed by atoms with Crippen molar-refractivity contribution in [2.45, 2.75) is 127 Å². The monoisotopic (exact) mass is 755 g/mol. The van der Waals surface area contributed by atoms with Gasteiger partial charge < -0.3 is 29.2 Å². The fourth-order valence-electron chi connectivity index (χ4n) is 8.09. The van der Waals surface area contributed by atoms with Gasteiger partial charge in [-0.25, -0.2) is 18.0 Å². The van der Waals surface area contributed by atoms with E-state index >= 15 is 0 Å². The van der Waals surface area contributed by atoms with Crippen molar-refractivity contribution < 1.29 is 51.3 Å². The summed E-state index contributed by atoms with van der Waals surface area (Å²) < 4.78 is 48.4. The van der Waals surface area contributed by atoms with Crippen LogP contribution in [-0.4, -0.2) is 96.0 Å². The Morgan fingerprint density at radius 1 is 1.04 bits per heavy atom. The standard InChI is InChI=1S/C38H49N3O11S/c1-37(2,3)52-35(45)39-28-10-8-6-4-5-7-9-24-16-38(24,32(43)21-53(47,48)26-12-13-26)17-30(42)29-15-25(19-41(29)34(28)44)51-36(46)40-18-23-11-14-31-33(27(23)20-40)50-22-49-31/h7,9,11,14,24-26,28-29H,4-6,8,10,12-13,15-22H2,1-3H3,(H,39,45)/b9-7-/t24-,25-,28+,29+,38-/m1/s1. The minimum absolute atomic E-state index is 0.00619. The van der Waals surface area contributed by atoms with Gasteiger partial charge in [0.25, 0.3) is 0 Å². The van der Waals surface area contributed by atoms with E-state index in [9.17, 15) is 32.4 Å². The van der Waals surface area contributed by atoms with Crippen molar-refractivity contribution in [2.24, 2.45) is 11.3 Å². The molecule has 7 rings (SSSR count). The summed E-state index contributed by atoms with van der Waals surface area (Å²) in [6.45, 7) is 5.69. The number of Topliss-reactive ketones (excluding diaryl/α,β-unsaturated/α-hetero) is 2. The van der Waals surface area contributed by atoms with Crippen LogP contribution in [0.5, 0.6) is 11.5 Å². The number of ether oxygens (including phenoxy) is 4. The number of hydrogen-bond acceptors (Lipinski definition) is 11. The smallest absolute Gasteiger partial charge is 0.410 e. The quantitative estimate of drug-likeness (QED) is 0.409. The molecule has 0 unspecified atom stereocenters. The number of hydrogen-bond donors (Lipinski definition) is 1. The molecule has 2 aliphatic carbocycles. The Hall–Kier alpha value is -4.14. The number of nitrogens with one attached hydrogen (secondary N) is 1. The molecule has 0 bridgehead atoms. The fourth-order valence-corrected chi connectivity index (χ4v) is 9.83. The van der Waals surface area contributed by atoms with E-state index in [1.807, 2.05) is 18.2 Å². The number of nitrogens with zero attached hydrogens (tertiary/aromatic N) is 2. The Labute approximate surface area is 309 Å². The molecule has 14 nitrogen and oxygen atoms in total. The van der Waals surface area contributed by atoms with Gasteiger partial charge in [-0.15, -0.1) is 0 Å². The number of rotatable bonds is 6. The van der Waals surface area contributed by atoms with Crippen LogP contribution in [-0.2, 0) is 46.8 Å². The van der Waals surface area contributed by atoms with Crippen molar-refractivity contribution in [1.82, 2.24) is 15.1 Å². The average molecular weight is 756 g/mol. The molecular formula is C38H49N3O11S. The van der Waals surface area contributed by atoms with Gasteiger partial charge in [0.2, 0.25) is 12.7 Å². The highest BCUT2D eigenvalue weighted by Gasteiger charge is 2.61. The summed E-state index contributed by atoms with van der Waals surface area (Å²) >= 11 is 0. The second-order valence-electron chi connectivity index (χ2n) is 16.3. The van der Waals surface area contributed by atoms with Crippen molar-refractivity contribution in [2.75, 3.05) is 19.1 Å². The second-order valence-corrected chi connectivity index (χ2v) is 18.6. The number of carbonyl (C=O) groups excluding carboxylic acids is 5. The minimum Gasteiger partial charge on any atom is -0.454 e. The van der Waals surface area contributed by atoms with E-state index in [0.29, 0.717) is 43.6 Å². The molecule has 3 fully saturated rings. The molecule has 1 aromatic rings. The van der Waals surface area contributed by atoms with Gasteiger partial charge >= 0.3 is 12.2 Å². The fraction of sp³-hybridized carbons (Fsp3) is 0.658. The van der Waals surface area contributed by atoms with E-state index in [4.69, 9.17) is 18.9 Å². The lowest BCUT2D eigenvalue weighted by Gasteiger charge is -2.30. The highest BCUT2D eigenvalue weighted by Crippen LogP contribution is 2.58. The summed E-state index contributed by atoms with van der Waals surface area (Å²) in [5.41, 5.74) is -0.253. The molecule has 1 aromatic carbocycles. The molecule has 53 heavy (non-hydrogen) atoms. The van der Waals surface area contributed by atoms with Gasteiger partial charge in [0.1, 0.15) is 23.5 Å². The van der Waals surface area contributed by atoms with Crippen molar-refractivity contribution in [1.29, 1.82) is 0 Å². The van der Waals surface area contributed by atoms with Gasteiger partial charge in [0, 0.05) is 30.4 Å². The Bertz CT molecular complexity index is 1820. The molecule has 0 radical (unpaired) electrons. The predicted octanol–water partition coefficient (Wildman–Crippen LogP) is 4.36. The van der Waals surface area contributed by atoms with Crippen molar-refractivity contribution >= 4 is 39.5 Å². The number of allylic oxidation sites excluding steroid dienone is 2. The Morgan fingerprint density at radius 2 is 1.83 bits per heavy atom. The van der Waals surface area contributed by atoms with Gasteiger partial charge in [-0.1, -0.05) is 31.1 Å². The molecule has 0 spiro atoms. The van der Waals surface area contributed by atoms with Crippen LogP contribution < -0.4 is 14.8 Å². The SMILES string of the molecule is CC(C)(C)OC(=O)N[C@H]1CCCCC/C=C\[C@@H]2C[C@@]2(C(=O)CS(=O)(=O)C2CC2)CC(=O)[C@@H]2C[C@@H](OC(=O)N3Cc4ccc5c(c4C3)OCO5)CN2C1=O. The number of sulfone groups is 1. The highest BCUT2D eigenvalue weighted by atomic mass is 32.2. The van der Waals surface area contributed by atoms with Crippen molar-refractivity contribution in [3.63, 3.8) is 0 Å². The molecular weight excluding hydrogens is 706 g/mol. The van der Waals surface area contributed by atoms with E-state index in [2.05, 4.69) is 5.32 Å². The number of benzene rings is 1. The van der Waals surface area contributed by atoms with Gasteiger partial charge in [-0.05, 0) is 76.8 Å². The minimum atomic E-state index is -3.62. The van der Waals surface area contributed by atoms with Crippen LogP contribution in [0.4, 0.5) is 9.59 Å². The summed E-state index contributed by atoms with van der Waals surface area (Å²) in [6, 6.07) is 1.61. The van der Waals surface area contributed by atoms with Crippen LogP contribution in [0.2, 0.25) is 0 Å². The summed E-state index contributed by atoms with van der Waals surface area (Å²) in [5.74, 6) is -1.06. The zero-order chi connectivity index (χ0) is 37.7. The summed E-state index contributed by atoms with van der Waals surface area (Å²) in [4.78, 5) is 72.0. The Balaban J connectivity index is 1.13. The lowest BCUT2D eigenvalue weighted by Crippen LogP contribution is -2.53. The molecule has 15 heteroatoms. The first-order chi connectivity index (χ1) is 25.1. The third kappa shape index (κ3) is 8.04. The van der Waals surface area contributed by atoms with Crippen molar-refractivity contribution in [3.8, 4) is 11.5 Å². The molecule has 1 N–H and O–H groups in total. The van der Waals surface area contributed by atoms with E-state index in [-0.39, 0.29) is 45.2 Å². The Kier molecular flexibility index (Phi) is 10.0. The lowest BCUT2D eigenvalue weighted by molar-refractivity contribution is -0.140. The normalized spacial score (nSPS) is 29.3. The van der Waals surface area contributed by atoms with Crippen LogP contribution in [0, 0.1) is 11.3 Å². The van der Waals surface area contributed by atoms with Crippen LogP contribution >= 0.6 is 0 Å². The third-order valence-corrected chi connectivity index (χ3v) is 13.3. The maximum Gasteiger partial charge on any atom is 0.410 e. The zero-order valence-corrected chi connectivity index (χ0v) is 31.4. The maximum atomic E-state index is 14.4.